The van der Waals surface area contributed by atoms with Crippen LogP contribution in [0.1, 0.15) is 23.9 Å². The Balaban J connectivity index is 1.59. The van der Waals surface area contributed by atoms with Gasteiger partial charge in [0, 0.05) is 28.0 Å². The molecule has 0 spiro atoms. The first-order valence-electron chi connectivity index (χ1n) is 9.93. The van der Waals surface area contributed by atoms with Crippen LogP contribution in [0.2, 0.25) is 10.0 Å². The normalized spacial score (nSPS) is 10.8. The number of nitrogens with zero attached hydrogens (tertiary/aromatic N) is 3. The number of thioether (sulfide) groups is 1. The molecule has 3 rings (SSSR count). The molecule has 168 valence electrons. The second-order valence-corrected chi connectivity index (χ2v) is 8.98. The molecule has 3 aromatic rings. The maximum atomic E-state index is 12.5. The van der Waals surface area contributed by atoms with Crippen molar-refractivity contribution < 1.29 is 9.59 Å². The highest BCUT2D eigenvalue weighted by Gasteiger charge is 2.16. The average molecular weight is 492 g/mol. The lowest BCUT2D eigenvalue weighted by Gasteiger charge is -2.09. The molecule has 0 saturated heterocycles. The number of hydrogen-bond donors (Lipinski definition) is 2. The maximum absolute atomic E-state index is 12.5. The second kappa shape index (κ2) is 10.8. The van der Waals surface area contributed by atoms with Crippen molar-refractivity contribution in [2.75, 3.05) is 16.4 Å². The maximum Gasteiger partial charge on any atom is 0.234 e. The number of carbonyl (C=O) groups is 2. The number of aromatic nitrogens is 3. The Hall–Kier alpha value is -2.55. The summed E-state index contributed by atoms with van der Waals surface area (Å²) in [5.41, 5.74) is 3.54. The SMILES string of the molecule is CCn1c(CC(=O)Nc2ccc(C)c(C)c2)nnc1SCC(=O)Nc1cc(Cl)cc(Cl)c1. The second-order valence-electron chi connectivity index (χ2n) is 7.16. The number of amides is 2. The van der Waals surface area contributed by atoms with Gasteiger partial charge in [-0.3, -0.25) is 9.59 Å². The number of carbonyl (C=O) groups excluding carboxylic acids is 2. The number of anilines is 2. The molecule has 0 atom stereocenters. The summed E-state index contributed by atoms with van der Waals surface area (Å²) in [5.74, 6) is 0.255. The van der Waals surface area contributed by atoms with Crippen molar-refractivity contribution in [1.29, 1.82) is 0 Å². The minimum atomic E-state index is -0.229. The Morgan fingerprint density at radius 1 is 0.938 bits per heavy atom. The Bertz CT molecular complexity index is 1130. The molecule has 10 heteroatoms. The van der Waals surface area contributed by atoms with Crippen LogP contribution in [-0.2, 0) is 22.6 Å². The van der Waals surface area contributed by atoms with E-state index < -0.39 is 0 Å². The van der Waals surface area contributed by atoms with Crippen molar-refractivity contribution in [3.05, 3.63) is 63.4 Å². The Labute approximate surface area is 200 Å². The molecule has 0 radical (unpaired) electrons. The van der Waals surface area contributed by atoms with Crippen LogP contribution in [0.5, 0.6) is 0 Å². The molecular formula is C22H23Cl2N5O2S. The quantitative estimate of drug-likeness (QED) is 0.426. The number of rotatable bonds is 8. The molecule has 1 aromatic heterocycles. The number of benzene rings is 2. The standard InChI is InChI=1S/C22H23Cl2N5O2S/c1-4-29-19(11-20(30)25-17-6-5-13(2)14(3)7-17)27-28-22(29)32-12-21(31)26-18-9-15(23)8-16(24)10-18/h5-10H,4,11-12H2,1-3H3,(H,25,30)(H,26,31). The van der Waals surface area contributed by atoms with E-state index in [9.17, 15) is 9.59 Å². The fourth-order valence-corrected chi connectivity index (χ4v) is 4.34. The number of halogens is 2. The van der Waals surface area contributed by atoms with Gasteiger partial charge in [-0.1, -0.05) is 41.0 Å². The van der Waals surface area contributed by atoms with E-state index in [4.69, 9.17) is 23.2 Å². The van der Waals surface area contributed by atoms with Crippen molar-refractivity contribution in [2.24, 2.45) is 0 Å². The third-order valence-corrected chi connectivity index (χ3v) is 6.10. The first-order chi connectivity index (χ1) is 15.2. The molecular weight excluding hydrogens is 469 g/mol. The minimum absolute atomic E-state index is 0.0849. The van der Waals surface area contributed by atoms with E-state index in [1.807, 2.05) is 43.5 Å². The van der Waals surface area contributed by atoms with E-state index in [0.29, 0.717) is 33.3 Å². The molecule has 32 heavy (non-hydrogen) atoms. The van der Waals surface area contributed by atoms with Crippen LogP contribution in [0.15, 0.2) is 41.6 Å². The first-order valence-corrected chi connectivity index (χ1v) is 11.7. The zero-order chi connectivity index (χ0) is 23.3. The summed E-state index contributed by atoms with van der Waals surface area (Å²) in [7, 11) is 0. The topological polar surface area (TPSA) is 88.9 Å². The summed E-state index contributed by atoms with van der Waals surface area (Å²) in [6.07, 6.45) is 0.0849. The molecule has 2 amide bonds. The average Bonchev–Trinajstić information content (AvgIpc) is 3.09. The van der Waals surface area contributed by atoms with Crippen molar-refractivity contribution >= 4 is 58.2 Å². The molecule has 0 fully saturated rings. The van der Waals surface area contributed by atoms with E-state index in [1.165, 1.54) is 11.8 Å². The van der Waals surface area contributed by atoms with Gasteiger partial charge in [0.15, 0.2) is 5.16 Å². The van der Waals surface area contributed by atoms with Crippen molar-refractivity contribution in [1.82, 2.24) is 14.8 Å². The van der Waals surface area contributed by atoms with Crippen LogP contribution in [0.25, 0.3) is 0 Å². The largest absolute Gasteiger partial charge is 0.326 e. The van der Waals surface area contributed by atoms with Gasteiger partial charge in [0.2, 0.25) is 11.8 Å². The summed E-state index contributed by atoms with van der Waals surface area (Å²) in [6, 6.07) is 10.6. The van der Waals surface area contributed by atoms with Gasteiger partial charge in [0.05, 0.1) is 12.2 Å². The van der Waals surface area contributed by atoms with Gasteiger partial charge in [-0.15, -0.1) is 10.2 Å². The van der Waals surface area contributed by atoms with Gasteiger partial charge in [-0.05, 0) is 62.2 Å². The Morgan fingerprint density at radius 2 is 1.62 bits per heavy atom. The summed E-state index contributed by atoms with van der Waals surface area (Å²) in [6.45, 7) is 6.53. The van der Waals surface area contributed by atoms with Crippen LogP contribution in [0, 0.1) is 13.8 Å². The molecule has 0 bridgehead atoms. The van der Waals surface area contributed by atoms with Crippen LogP contribution in [0.4, 0.5) is 11.4 Å². The third kappa shape index (κ3) is 6.48. The van der Waals surface area contributed by atoms with Gasteiger partial charge < -0.3 is 15.2 Å². The van der Waals surface area contributed by atoms with Crippen molar-refractivity contribution in [2.45, 2.75) is 38.9 Å². The van der Waals surface area contributed by atoms with Gasteiger partial charge in [0.25, 0.3) is 0 Å². The first kappa shape index (κ1) is 24.1. The van der Waals surface area contributed by atoms with Crippen LogP contribution in [0.3, 0.4) is 0 Å². The van der Waals surface area contributed by atoms with E-state index in [2.05, 4.69) is 20.8 Å². The molecule has 2 aromatic carbocycles. The number of hydrogen-bond acceptors (Lipinski definition) is 5. The lowest BCUT2D eigenvalue weighted by atomic mass is 10.1. The summed E-state index contributed by atoms with van der Waals surface area (Å²) in [4.78, 5) is 24.8. The zero-order valence-corrected chi connectivity index (χ0v) is 20.2. The van der Waals surface area contributed by atoms with Crippen LogP contribution in [-0.4, -0.2) is 32.3 Å². The van der Waals surface area contributed by atoms with Crippen molar-refractivity contribution in [3.63, 3.8) is 0 Å². The summed E-state index contributed by atoms with van der Waals surface area (Å²) < 4.78 is 1.83. The minimum Gasteiger partial charge on any atom is -0.326 e. The highest BCUT2D eigenvalue weighted by molar-refractivity contribution is 7.99. The van der Waals surface area contributed by atoms with Crippen LogP contribution >= 0.6 is 35.0 Å². The lowest BCUT2D eigenvalue weighted by molar-refractivity contribution is -0.116. The Kier molecular flexibility index (Phi) is 8.17. The highest BCUT2D eigenvalue weighted by atomic mass is 35.5. The lowest BCUT2D eigenvalue weighted by Crippen LogP contribution is -2.18. The molecule has 0 aliphatic rings. The predicted octanol–water partition coefficient (Wildman–Crippen LogP) is 5.13. The van der Waals surface area contributed by atoms with Gasteiger partial charge in [-0.2, -0.15) is 0 Å². The van der Waals surface area contributed by atoms with Gasteiger partial charge >= 0.3 is 0 Å². The predicted molar refractivity (Wildman–Crippen MR) is 130 cm³/mol. The fraction of sp³-hybridized carbons (Fsp3) is 0.273. The number of nitrogens with one attached hydrogen (secondary N) is 2. The molecule has 0 aliphatic heterocycles. The smallest absolute Gasteiger partial charge is 0.234 e. The van der Waals surface area contributed by atoms with Crippen LogP contribution < -0.4 is 10.6 Å². The third-order valence-electron chi connectivity index (χ3n) is 4.70. The summed E-state index contributed by atoms with van der Waals surface area (Å²) in [5, 5.41) is 15.4. The van der Waals surface area contributed by atoms with E-state index in [1.54, 1.807) is 18.2 Å². The molecule has 7 nitrogen and oxygen atoms in total. The molecule has 0 unspecified atom stereocenters. The van der Waals surface area contributed by atoms with Crippen molar-refractivity contribution in [3.8, 4) is 0 Å². The van der Waals surface area contributed by atoms with Gasteiger partial charge in [-0.25, -0.2) is 0 Å². The van der Waals surface area contributed by atoms with E-state index in [-0.39, 0.29) is 24.0 Å². The fourth-order valence-electron chi connectivity index (χ4n) is 3.00. The van der Waals surface area contributed by atoms with E-state index in [0.717, 1.165) is 16.8 Å². The highest BCUT2D eigenvalue weighted by Crippen LogP contribution is 2.23. The molecule has 0 aliphatic carbocycles. The zero-order valence-electron chi connectivity index (χ0n) is 17.9. The molecule has 0 saturated carbocycles. The van der Waals surface area contributed by atoms with E-state index >= 15 is 0 Å². The molecule has 1 heterocycles. The molecule has 2 N–H and O–H groups in total. The Morgan fingerprint density at radius 3 is 2.28 bits per heavy atom. The summed E-state index contributed by atoms with van der Waals surface area (Å²) >= 11 is 13.2. The number of aryl methyl sites for hydroxylation is 2. The van der Waals surface area contributed by atoms with Gasteiger partial charge in [0.1, 0.15) is 5.82 Å². The monoisotopic (exact) mass is 491 g/mol.